The average Bonchev–Trinajstić information content (AvgIpc) is 2.43. The van der Waals surface area contributed by atoms with Gasteiger partial charge in [-0.25, -0.2) is 4.39 Å². The molecule has 0 saturated heterocycles. The maximum Gasteiger partial charge on any atom is 0.123 e. The number of hydrogen-bond acceptors (Lipinski definition) is 1. The second-order valence-corrected chi connectivity index (χ2v) is 6.98. The number of aryl methyl sites for hydroxylation is 2. The molecule has 2 aromatic carbocycles. The van der Waals surface area contributed by atoms with Crippen LogP contribution in [0.3, 0.4) is 0 Å². The molecule has 1 nitrogen and oxygen atoms in total. The first-order valence-corrected chi connectivity index (χ1v) is 7.99. The number of hydrogen-bond donors (Lipinski definition) is 1. The zero-order chi connectivity index (χ0) is 15.0. The maximum atomic E-state index is 13.2. The Morgan fingerprint density at radius 1 is 1.19 bits per heavy atom. The highest BCUT2D eigenvalue weighted by Gasteiger charge is 2.32. The molecule has 1 aliphatic carbocycles. The van der Waals surface area contributed by atoms with Crippen molar-refractivity contribution in [1.29, 1.82) is 0 Å². The minimum absolute atomic E-state index is 0.220. The molecule has 0 radical (unpaired) electrons. The van der Waals surface area contributed by atoms with E-state index in [1.165, 1.54) is 23.3 Å². The normalized spacial score (nSPS) is 21.1. The zero-order valence-electron chi connectivity index (χ0n) is 12.0. The van der Waals surface area contributed by atoms with Gasteiger partial charge in [-0.3, -0.25) is 0 Å². The van der Waals surface area contributed by atoms with Crippen molar-refractivity contribution in [3.63, 3.8) is 0 Å². The molecular formula is C18H18BrFO. The molecule has 0 heterocycles. The van der Waals surface area contributed by atoms with E-state index in [-0.39, 0.29) is 5.82 Å². The van der Waals surface area contributed by atoms with Crippen LogP contribution in [0.15, 0.2) is 40.9 Å². The average molecular weight is 349 g/mol. The Labute approximate surface area is 132 Å². The summed E-state index contributed by atoms with van der Waals surface area (Å²) in [5.41, 5.74) is 3.73. The standard InChI is InChI=1S/C18H18BrFO/c1-12-8-17(20)5-3-14(12)10-18(21)7-6-13-9-16(19)4-2-15(13)11-18/h2-5,8-9,21H,6-7,10-11H2,1H3. The van der Waals surface area contributed by atoms with E-state index in [2.05, 4.69) is 28.1 Å². The smallest absolute Gasteiger partial charge is 0.123 e. The lowest BCUT2D eigenvalue weighted by atomic mass is 9.77. The third-order valence-corrected chi connectivity index (χ3v) is 4.86. The van der Waals surface area contributed by atoms with Gasteiger partial charge in [-0.2, -0.15) is 0 Å². The SMILES string of the molecule is Cc1cc(F)ccc1CC1(O)CCc2cc(Br)ccc2C1. The van der Waals surface area contributed by atoms with Crippen molar-refractivity contribution in [1.82, 2.24) is 0 Å². The van der Waals surface area contributed by atoms with Gasteiger partial charge in [-0.1, -0.05) is 28.1 Å². The predicted molar refractivity (Wildman–Crippen MR) is 86.0 cm³/mol. The van der Waals surface area contributed by atoms with Crippen LogP contribution >= 0.6 is 15.9 Å². The molecule has 0 amide bonds. The maximum absolute atomic E-state index is 13.2. The molecule has 1 aliphatic rings. The fraction of sp³-hybridized carbons (Fsp3) is 0.333. The van der Waals surface area contributed by atoms with Gasteiger partial charge in [0.2, 0.25) is 0 Å². The van der Waals surface area contributed by atoms with Crippen LogP contribution in [0.5, 0.6) is 0 Å². The number of benzene rings is 2. The van der Waals surface area contributed by atoms with Crippen LogP contribution in [-0.2, 0) is 19.3 Å². The lowest BCUT2D eigenvalue weighted by Crippen LogP contribution is -2.38. The van der Waals surface area contributed by atoms with E-state index in [1.54, 1.807) is 6.07 Å². The Morgan fingerprint density at radius 3 is 2.76 bits per heavy atom. The fourth-order valence-electron chi connectivity index (χ4n) is 3.17. The molecule has 0 saturated carbocycles. The van der Waals surface area contributed by atoms with Crippen molar-refractivity contribution in [2.75, 3.05) is 0 Å². The minimum atomic E-state index is -0.733. The van der Waals surface area contributed by atoms with Crippen LogP contribution in [0.4, 0.5) is 4.39 Å². The van der Waals surface area contributed by atoms with Gasteiger partial charge >= 0.3 is 0 Å². The van der Waals surface area contributed by atoms with Gasteiger partial charge < -0.3 is 5.11 Å². The molecule has 3 rings (SSSR count). The van der Waals surface area contributed by atoms with Gasteiger partial charge in [0.05, 0.1) is 5.60 Å². The van der Waals surface area contributed by atoms with Gasteiger partial charge in [-0.05, 0) is 66.3 Å². The third-order valence-electron chi connectivity index (χ3n) is 4.37. The van der Waals surface area contributed by atoms with E-state index in [9.17, 15) is 9.50 Å². The molecule has 1 atom stereocenters. The van der Waals surface area contributed by atoms with Crippen LogP contribution < -0.4 is 0 Å². The Balaban J connectivity index is 1.84. The van der Waals surface area contributed by atoms with E-state index >= 15 is 0 Å². The molecule has 0 fully saturated rings. The van der Waals surface area contributed by atoms with Gasteiger partial charge in [0.15, 0.2) is 0 Å². The number of rotatable bonds is 2. The summed E-state index contributed by atoms with van der Waals surface area (Å²) in [5, 5.41) is 10.9. The highest BCUT2D eigenvalue weighted by atomic mass is 79.9. The molecular weight excluding hydrogens is 331 g/mol. The van der Waals surface area contributed by atoms with Crippen molar-refractivity contribution in [2.24, 2.45) is 0 Å². The second-order valence-electron chi connectivity index (χ2n) is 6.06. The molecule has 3 heteroatoms. The Hall–Kier alpha value is -1.19. The quantitative estimate of drug-likeness (QED) is 0.854. The summed E-state index contributed by atoms with van der Waals surface area (Å²) in [4.78, 5) is 0. The van der Waals surface area contributed by atoms with Gasteiger partial charge in [0.1, 0.15) is 5.82 Å². The number of halogens is 2. The molecule has 0 bridgehead atoms. The summed E-state index contributed by atoms with van der Waals surface area (Å²) in [7, 11) is 0. The molecule has 110 valence electrons. The van der Waals surface area contributed by atoms with Crippen LogP contribution in [0, 0.1) is 12.7 Å². The van der Waals surface area contributed by atoms with E-state index in [0.717, 1.165) is 28.4 Å². The Kier molecular flexibility index (Phi) is 3.89. The molecule has 1 unspecified atom stereocenters. The molecule has 0 aliphatic heterocycles. The largest absolute Gasteiger partial charge is 0.389 e. The first kappa shape index (κ1) is 14.7. The highest BCUT2D eigenvalue weighted by Crippen LogP contribution is 2.33. The Bertz CT molecular complexity index is 683. The molecule has 2 aromatic rings. The van der Waals surface area contributed by atoms with Crippen molar-refractivity contribution < 1.29 is 9.50 Å². The van der Waals surface area contributed by atoms with Crippen molar-refractivity contribution in [3.8, 4) is 0 Å². The van der Waals surface area contributed by atoms with Crippen LogP contribution in [0.25, 0.3) is 0 Å². The van der Waals surface area contributed by atoms with Gasteiger partial charge in [-0.15, -0.1) is 0 Å². The molecule has 0 spiro atoms. The highest BCUT2D eigenvalue weighted by molar-refractivity contribution is 9.10. The number of aliphatic hydroxyl groups is 1. The monoisotopic (exact) mass is 348 g/mol. The topological polar surface area (TPSA) is 20.2 Å². The molecule has 1 N–H and O–H groups in total. The summed E-state index contributed by atoms with van der Waals surface area (Å²) in [6.07, 6.45) is 2.86. The van der Waals surface area contributed by atoms with Crippen molar-refractivity contribution in [3.05, 3.63) is 68.9 Å². The fourth-order valence-corrected chi connectivity index (χ4v) is 3.58. The number of fused-ring (bicyclic) bond motifs is 1. The molecule has 0 aromatic heterocycles. The summed E-state index contributed by atoms with van der Waals surface area (Å²) >= 11 is 3.49. The zero-order valence-corrected chi connectivity index (χ0v) is 13.6. The van der Waals surface area contributed by atoms with E-state index in [1.807, 2.05) is 13.0 Å². The van der Waals surface area contributed by atoms with Crippen molar-refractivity contribution in [2.45, 2.75) is 38.2 Å². The van der Waals surface area contributed by atoms with E-state index in [0.29, 0.717) is 12.8 Å². The lowest BCUT2D eigenvalue weighted by molar-refractivity contribution is 0.0265. The van der Waals surface area contributed by atoms with Crippen LogP contribution in [0.1, 0.15) is 28.7 Å². The first-order chi connectivity index (χ1) is 9.95. The van der Waals surface area contributed by atoms with E-state index in [4.69, 9.17) is 0 Å². The summed E-state index contributed by atoms with van der Waals surface area (Å²) in [6, 6.07) is 11.0. The first-order valence-electron chi connectivity index (χ1n) is 7.20. The summed E-state index contributed by atoms with van der Waals surface area (Å²) in [5.74, 6) is -0.220. The Morgan fingerprint density at radius 2 is 2.00 bits per heavy atom. The minimum Gasteiger partial charge on any atom is -0.389 e. The predicted octanol–water partition coefficient (Wildman–Crippen LogP) is 4.36. The van der Waals surface area contributed by atoms with Crippen LogP contribution in [-0.4, -0.2) is 10.7 Å². The molecule has 21 heavy (non-hydrogen) atoms. The van der Waals surface area contributed by atoms with Crippen LogP contribution in [0.2, 0.25) is 0 Å². The third kappa shape index (κ3) is 3.19. The summed E-state index contributed by atoms with van der Waals surface area (Å²) in [6.45, 7) is 1.90. The summed E-state index contributed by atoms with van der Waals surface area (Å²) < 4.78 is 14.3. The second kappa shape index (κ2) is 5.54. The van der Waals surface area contributed by atoms with E-state index < -0.39 is 5.60 Å². The van der Waals surface area contributed by atoms with Gasteiger partial charge in [0, 0.05) is 17.3 Å². The van der Waals surface area contributed by atoms with Crippen molar-refractivity contribution >= 4 is 15.9 Å². The van der Waals surface area contributed by atoms with Gasteiger partial charge in [0.25, 0.3) is 0 Å². The lowest BCUT2D eigenvalue weighted by Gasteiger charge is -2.34.